The molecule has 2 aromatic carbocycles. The third-order valence-electron chi connectivity index (χ3n) is 2.89. The van der Waals surface area contributed by atoms with E-state index < -0.39 is 12.5 Å². The minimum absolute atomic E-state index is 0.120. The SMILES string of the molecule is COc1ccc(NC(=O)c2cccc(C#N)c2)cc1OC(F)F. The molecule has 2 aromatic rings. The van der Waals surface area contributed by atoms with E-state index >= 15 is 0 Å². The number of carbonyl (C=O) groups is 1. The van der Waals surface area contributed by atoms with Crippen molar-refractivity contribution in [3.63, 3.8) is 0 Å². The molecule has 5 nitrogen and oxygen atoms in total. The number of nitrogens with zero attached hydrogens (tertiary/aromatic N) is 1. The molecule has 23 heavy (non-hydrogen) atoms. The first-order chi connectivity index (χ1) is 11.0. The highest BCUT2D eigenvalue weighted by atomic mass is 19.3. The molecule has 0 bridgehead atoms. The fourth-order valence-electron chi connectivity index (χ4n) is 1.88. The van der Waals surface area contributed by atoms with Gasteiger partial charge in [0.05, 0.1) is 18.7 Å². The highest BCUT2D eigenvalue weighted by Crippen LogP contribution is 2.31. The zero-order valence-electron chi connectivity index (χ0n) is 12.0. The minimum Gasteiger partial charge on any atom is -0.493 e. The van der Waals surface area contributed by atoms with Gasteiger partial charge in [-0.05, 0) is 30.3 Å². The van der Waals surface area contributed by atoms with E-state index in [0.717, 1.165) is 0 Å². The van der Waals surface area contributed by atoms with Gasteiger partial charge in [0.25, 0.3) is 5.91 Å². The molecule has 0 fully saturated rings. The van der Waals surface area contributed by atoms with Gasteiger partial charge in [-0.1, -0.05) is 6.07 Å². The van der Waals surface area contributed by atoms with Crippen molar-refractivity contribution in [1.82, 2.24) is 0 Å². The van der Waals surface area contributed by atoms with E-state index in [9.17, 15) is 13.6 Å². The van der Waals surface area contributed by atoms with Crippen LogP contribution in [0.1, 0.15) is 15.9 Å². The van der Waals surface area contributed by atoms with Gasteiger partial charge in [0.2, 0.25) is 0 Å². The first kappa shape index (κ1) is 16.2. The van der Waals surface area contributed by atoms with Gasteiger partial charge in [-0.2, -0.15) is 14.0 Å². The molecular weight excluding hydrogens is 306 g/mol. The number of methoxy groups -OCH3 is 1. The van der Waals surface area contributed by atoms with E-state index in [1.807, 2.05) is 6.07 Å². The maximum absolute atomic E-state index is 12.4. The Kier molecular flexibility index (Phi) is 5.10. The highest BCUT2D eigenvalue weighted by Gasteiger charge is 2.13. The predicted octanol–water partition coefficient (Wildman–Crippen LogP) is 3.42. The number of ether oxygens (including phenoxy) is 2. The van der Waals surface area contributed by atoms with E-state index in [1.165, 1.54) is 37.4 Å². The maximum atomic E-state index is 12.4. The van der Waals surface area contributed by atoms with Crippen LogP contribution in [0.4, 0.5) is 14.5 Å². The molecule has 0 aliphatic heterocycles. The summed E-state index contributed by atoms with van der Waals surface area (Å²) in [5.74, 6) is -0.545. The lowest BCUT2D eigenvalue weighted by atomic mass is 10.1. The van der Waals surface area contributed by atoms with Crippen LogP contribution in [0.2, 0.25) is 0 Å². The van der Waals surface area contributed by atoms with E-state index in [-0.39, 0.29) is 22.7 Å². The van der Waals surface area contributed by atoms with Crippen LogP contribution in [0.5, 0.6) is 11.5 Å². The zero-order chi connectivity index (χ0) is 16.8. The molecule has 118 valence electrons. The number of nitriles is 1. The predicted molar refractivity (Wildman–Crippen MR) is 78.7 cm³/mol. The number of anilines is 1. The Balaban J connectivity index is 2.22. The molecule has 1 amide bonds. The van der Waals surface area contributed by atoms with Crippen molar-refractivity contribution in [1.29, 1.82) is 5.26 Å². The van der Waals surface area contributed by atoms with Crippen LogP contribution in [0.3, 0.4) is 0 Å². The number of nitrogens with one attached hydrogen (secondary N) is 1. The number of alkyl halides is 2. The van der Waals surface area contributed by atoms with E-state index in [0.29, 0.717) is 5.56 Å². The van der Waals surface area contributed by atoms with Crippen molar-refractivity contribution in [2.75, 3.05) is 12.4 Å². The largest absolute Gasteiger partial charge is 0.493 e. The van der Waals surface area contributed by atoms with Gasteiger partial charge in [-0.3, -0.25) is 4.79 Å². The van der Waals surface area contributed by atoms with Crippen molar-refractivity contribution < 1.29 is 23.0 Å². The lowest BCUT2D eigenvalue weighted by Gasteiger charge is -2.12. The van der Waals surface area contributed by atoms with Gasteiger partial charge in [0, 0.05) is 17.3 Å². The molecule has 0 radical (unpaired) electrons. The fraction of sp³-hybridized carbons (Fsp3) is 0.125. The quantitative estimate of drug-likeness (QED) is 0.917. The smallest absolute Gasteiger partial charge is 0.387 e. The highest BCUT2D eigenvalue weighted by molar-refractivity contribution is 6.04. The molecule has 1 N–H and O–H groups in total. The molecule has 0 atom stereocenters. The summed E-state index contributed by atoms with van der Waals surface area (Å²) in [5.41, 5.74) is 0.874. The van der Waals surface area contributed by atoms with E-state index in [2.05, 4.69) is 10.1 Å². The van der Waals surface area contributed by atoms with E-state index in [1.54, 1.807) is 12.1 Å². The lowest BCUT2D eigenvalue weighted by molar-refractivity contribution is -0.0511. The number of rotatable bonds is 5. The van der Waals surface area contributed by atoms with E-state index in [4.69, 9.17) is 10.00 Å². The number of hydrogen-bond donors (Lipinski definition) is 1. The number of benzene rings is 2. The van der Waals surface area contributed by atoms with Crippen molar-refractivity contribution >= 4 is 11.6 Å². The van der Waals surface area contributed by atoms with Gasteiger partial charge < -0.3 is 14.8 Å². The molecule has 0 aliphatic rings. The van der Waals surface area contributed by atoms with Crippen LogP contribution in [0, 0.1) is 11.3 Å². The average Bonchev–Trinajstić information content (AvgIpc) is 2.54. The van der Waals surface area contributed by atoms with Gasteiger partial charge in [0.15, 0.2) is 11.5 Å². The summed E-state index contributed by atoms with van der Waals surface area (Å²) in [6.07, 6.45) is 0. The minimum atomic E-state index is -3.01. The summed E-state index contributed by atoms with van der Waals surface area (Å²) >= 11 is 0. The third kappa shape index (κ3) is 4.17. The Bertz CT molecular complexity index is 757. The first-order valence-electron chi connectivity index (χ1n) is 6.48. The molecule has 0 unspecified atom stereocenters. The molecule has 0 heterocycles. The van der Waals surface area contributed by atoms with Crippen molar-refractivity contribution in [3.05, 3.63) is 53.6 Å². The summed E-state index contributed by atoms with van der Waals surface area (Å²) in [6.45, 7) is -3.01. The van der Waals surface area contributed by atoms with Gasteiger partial charge in [-0.25, -0.2) is 0 Å². The fourth-order valence-corrected chi connectivity index (χ4v) is 1.88. The Hall–Kier alpha value is -3.14. The Morgan fingerprint density at radius 2 is 2.00 bits per heavy atom. The molecule has 0 aliphatic carbocycles. The topological polar surface area (TPSA) is 71.3 Å². The van der Waals surface area contributed by atoms with Crippen LogP contribution in [-0.2, 0) is 0 Å². The van der Waals surface area contributed by atoms with Crippen molar-refractivity contribution in [3.8, 4) is 17.6 Å². The molecular formula is C16H12F2N2O3. The van der Waals surface area contributed by atoms with Crippen molar-refractivity contribution in [2.45, 2.75) is 6.61 Å². The zero-order valence-corrected chi connectivity index (χ0v) is 12.0. The average molecular weight is 318 g/mol. The van der Waals surface area contributed by atoms with Crippen LogP contribution >= 0.6 is 0 Å². The Labute approximate surface area is 131 Å². The molecule has 7 heteroatoms. The standard InChI is InChI=1S/C16H12F2N2O3/c1-22-13-6-5-12(8-14(13)23-16(17)18)20-15(21)11-4-2-3-10(7-11)9-19/h2-8,16H,1H3,(H,20,21). The summed E-state index contributed by atoms with van der Waals surface area (Å²) in [6, 6.07) is 12.2. The summed E-state index contributed by atoms with van der Waals surface area (Å²) in [4.78, 5) is 12.1. The van der Waals surface area contributed by atoms with Gasteiger partial charge in [0.1, 0.15) is 0 Å². The monoisotopic (exact) mass is 318 g/mol. The summed E-state index contributed by atoms with van der Waals surface area (Å²) in [7, 11) is 1.32. The number of amides is 1. The van der Waals surface area contributed by atoms with Crippen LogP contribution in [-0.4, -0.2) is 19.6 Å². The van der Waals surface area contributed by atoms with Gasteiger partial charge >= 0.3 is 6.61 Å². The van der Waals surface area contributed by atoms with Crippen molar-refractivity contribution in [2.24, 2.45) is 0 Å². The molecule has 0 saturated carbocycles. The Morgan fingerprint density at radius 1 is 1.22 bits per heavy atom. The second kappa shape index (κ2) is 7.22. The molecule has 2 rings (SSSR count). The Morgan fingerprint density at radius 3 is 2.65 bits per heavy atom. The second-order valence-corrected chi connectivity index (χ2v) is 4.39. The maximum Gasteiger partial charge on any atom is 0.387 e. The number of carbonyl (C=O) groups excluding carboxylic acids is 1. The lowest BCUT2D eigenvalue weighted by Crippen LogP contribution is -2.12. The normalized spacial score (nSPS) is 10.0. The summed E-state index contributed by atoms with van der Waals surface area (Å²) < 4.78 is 34.0. The third-order valence-corrected chi connectivity index (χ3v) is 2.89. The van der Waals surface area contributed by atoms with Crippen LogP contribution in [0.15, 0.2) is 42.5 Å². The molecule has 0 saturated heterocycles. The second-order valence-electron chi connectivity index (χ2n) is 4.39. The first-order valence-corrected chi connectivity index (χ1v) is 6.48. The number of hydrogen-bond acceptors (Lipinski definition) is 4. The van der Waals surface area contributed by atoms with Gasteiger partial charge in [-0.15, -0.1) is 0 Å². The molecule has 0 aromatic heterocycles. The van der Waals surface area contributed by atoms with Crippen LogP contribution < -0.4 is 14.8 Å². The summed E-state index contributed by atoms with van der Waals surface area (Å²) in [5, 5.41) is 11.4. The molecule has 0 spiro atoms. The number of halogens is 2. The van der Waals surface area contributed by atoms with Crippen LogP contribution in [0.25, 0.3) is 0 Å².